The number of benzene rings is 2. The molecule has 2 aromatic carbocycles. The molecule has 0 radical (unpaired) electrons. The van der Waals surface area contributed by atoms with Gasteiger partial charge in [-0.25, -0.2) is 17.6 Å². The van der Waals surface area contributed by atoms with Crippen molar-refractivity contribution in [3.63, 3.8) is 0 Å². The molecule has 0 saturated heterocycles. The first-order valence-corrected chi connectivity index (χ1v) is 10.7. The number of aromatic carboxylic acids is 1. The first-order valence-electron chi connectivity index (χ1n) is 8.92. The number of rotatable bonds is 2. The Kier molecular flexibility index (Phi) is 5.40. The number of carboxylic acid groups (broad SMARTS) is 1. The van der Waals surface area contributed by atoms with Crippen LogP contribution in [0.4, 0.5) is 10.1 Å². The average Bonchev–Trinajstić information content (AvgIpc) is 2.69. The van der Waals surface area contributed by atoms with Crippen LogP contribution in [0.1, 0.15) is 31.1 Å². The first kappa shape index (κ1) is 21.5. The summed E-state index contributed by atoms with van der Waals surface area (Å²) in [5, 5.41) is 12.6. The van der Waals surface area contributed by atoms with E-state index in [0.29, 0.717) is 23.4 Å². The molecule has 2 N–H and O–H groups in total. The molecule has 0 spiro atoms. The topological polar surface area (TPSA) is 86.7 Å². The number of likely N-dealkylation sites (N-methyl/N-ethyl adjacent to an activating group) is 1. The Bertz CT molecular complexity index is 1100. The number of hydrogen-bond acceptors (Lipinski definition) is 4. The SMILES string of the molecule is CN1[C@H](C(C)(C)C)CNc2cc(Cl)c(-c3ccc(F)c(C(=O)O)c3)cc2S1(=O)=O. The van der Waals surface area contributed by atoms with Gasteiger partial charge in [0.15, 0.2) is 0 Å². The molecule has 3 rings (SSSR count). The Balaban J connectivity index is 2.19. The van der Waals surface area contributed by atoms with Crippen LogP contribution in [0.15, 0.2) is 35.2 Å². The largest absolute Gasteiger partial charge is 0.478 e. The molecule has 2 aromatic rings. The number of carboxylic acids is 1. The molecule has 1 aliphatic heterocycles. The van der Waals surface area contributed by atoms with E-state index in [9.17, 15) is 22.7 Å². The van der Waals surface area contributed by atoms with Crippen LogP contribution in [0, 0.1) is 11.2 Å². The zero-order valence-corrected chi connectivity index (χ0v) is 18.0. The summed E-state index contributed by atoms with van der Waals surface area (Å²) in [6.45, 7) is 6.30. The van der Waals surface area contributed by atoms with Crippen LogP contribution in [0.5, 0.6) is 0 Å². The smallest absolute Gasteiger partial charge is 0.338 e. The standard InChI is InChI=1S/C20H22ClFN2O4S/c1-20(2,3)18-10-23-16-9-14(21)12(8-17(16)29(27,28)24(18)4)11-5-6-15(22)13(7-11)19(25)26/h5-9,18,23H,10H2,1-4H3,(H,25,26)/t18-/m0/s1. The number of nitrogens with zero attached hydrogens (tertiary/aromatic N) is 1. The normalized spacial score (nSPS) is 19.2. The molecule has 1 heterocycles. The molecule has 1 atom stereocenters. The Morgan fingerprint density at radius 3 is 2.52 bits per heavy atom. The van der Waals surface area contributed by atoms with E-state index in [1.54, 1.807) is 0 Å². The number of fused-ring (bicyclic) bond motifs is 1. The second-order valence-corrected chi connectivity index (χ2v) is 10.5. The molecular weight excluding hydrogens is 419 g/mol. The van der Waals surface area contributed by atoms with Crippen LogP contribution in [-0.4, -0.2) is 43.4 Å². The van der Waals surface area contributed by atoms with Gasteiger partial charge in [0.1, 0.15) is 10.7 Å². The second kappa shape index (κ2) is 7.27. The number of sulfonamides is 1. The van der Waals surface area contributed by atoms with Crippen LogP contribution >= 0.6 is 11.6 Å². The van der Waals surface area contributed by atoms with E-state index < -0.39 is 27.4 Å². The van der Waals surface area contributed by atoms with E-state index in [0.717, 1.165) is 12.1 Å². The van der Waals surface area contributed by atoms with E-state index in [1.165, 1.54) is 29.6 Å². The molecule has 6 nitrogen and oxygen atoms in total. The quantitative estimate of drug-likeness (QED) is 0.726. The minimum Gasteiger partial charge on any atom is -0.478 e. The molecular formula is C20H22ClFN2O4S. The molecule has 0 saturated carbocycles. The molecule has 1 aliphatic rings. The van der Waals surface area contributed by atoms with Gasteiger partial charge in [0, 0.05) is 25.2 Å². The van der Waals surface area contributed by atoms with E-state index in [4.69, 9.17) is 11.6 Å². The Hall–Kier alpha value is -2.16. The third-order valence-electron chi connectivity index (χ3n) is 5.16. The highest BCUT2D eigenvalue weighted by molar-refractivity contribution is 7.89. The zero-order chi connectivity index (χ0) is 21.7. The summed E-state index contributed by atoms with van der Waals surface area (Å²) in [4.78, 5) is 11.3. The van der Waals surface area contributed by atoms with Crippen molar-refractivity contribution < 1.29 is 22.7 Å². The van der Waals surface area contributed by atoms with Gasteiger partial charge in [-0.1, -0.05) is 38.4 Å². The van der Waals surface area contributed by atoms with E-state index in [-0.39, 0.29) is 21.4 Å². The molecule has 156 valence electrons. The van der Waals surface area contributed by atoms with Gasteiger partial charge in [-0.2, -0.15) is 4.31 Å². The summed E-state index contributed by atoms with van der Waals surface area (Å²) in [6.07, 6.45) is 0. The predicted molar refractivity (Wildman–Crippen MR) is 110 cm³/mol. The van der Waals surface area contributed by atoms with Crippen LogP contribution in [0.3, 0.4) is 0 Å². The number of halogens is 2. The lowest BCUT2D eigenvalue weighted by atomic mass is 9.87. The summed E-state index contributed by atoms with van der Waals surface area (Å²) in [5.41, 5.74) is 0.168. The van der Waals surface area contributed by atoms with Crippen molar-refractivity contribution in [1.82, 2.24) is 4.31 Å². The number of nitrogens with one attached hydrogen (secondary N) is 1. The maximum atomic E-state index is 13.8. The third-order valence-corrected chi connectivity index (χ3v) is 7.38. The third kappa shape index (κ3) is 3.84. The Morgan fingerprint density at radius 2 is 1.93 bits per heavy atom. The van der Waals surface area contributed by atoms with Crippen molar-refractivity contribution >= 4 is 33.3 Å². The fraction of sp³-hybridized carbons (Fsp3) is 0.350. The molecule has 0 unspecified atom stereocenters. The molecule has 0 fully saturated rings. The lowest BCUT2D eigenvalue weighted by Gasteiger charge is -2.35. The molecule has 0 aliphatic carbocycles. The van der Waals surface area contributed by atoms with Gasteiger partial charge in [0.05, 0.1) is 16.3 Å². The van der Waals surface area contributed by atoms with E-state index in [1.807, 2.05) is 20.8 Å². The van der Waals surface area contributed by atoms with Crippen LogP contribution in [0.2, 0.25) is 5.02 Å². The van der Waals surface area contributed by atoms with Crippen LogP contribution < -0.4 is 5.32 Å². The average molecular weight is 441 g/mol. The molecule has 0 bridgehead atoms. The monoisotopic (exact) mass is 440 g/mol. The molecule has 0 aromatic heterocycles. The predicted octanol–water partition coefficient (Wildman–Crippen LogP) is 4.31. The van der Waals surface area contributed by atoms with Crippen molar-refractivity contribution in [1.29, 1.82) is 0 Å². The van der Waals surface area contributed by atoms with Crippen molar-refractivity contribution in [2.24, 2.45) is 5.41 Å². The van der Waals surface area contributed by atoms with Gasteiger partial charge < -0.3 is 10.4 Å². The summed E-state index contributed by atoms with van der Waals surface area (Å²) in [7, 11) is -2.31. The number of carbonyl (C=O) groups is 1. The van der Waals surface area contributed by atoms with Crippen molar-refractivity contribution in [3.05, 3.63) is 46.7 Å². The van der Waals surface area contributed by atoms with E-state index >= 15 is 0 Å². The number of anilines is 1. The highest BCUT2D eigenvalue weighted by Gasteiger charge is 2.39. The summed E-state index contributed by atoms with van der Waals surface area (Å²) >= 11 is 6.39. The second-order valence-electron chi connectivity index (χ2n) is 8.11. The highest BCUT2D eigenvalue weighted by Crippen LogP contribution is 2.40. The summed E-state index contributed by atoms with van der Waals surface area (Å²) in [6, 6.07) is 6.14. The minimum absolute atomic E-state index is 0.0346. The van der Waals surface area contributed by atoms with Crippen molar-refractivity contribution in [2.75, 3.05) is 18.9 Å². The molecule has 29 heavy (non-hydrogen) atoms. The lowest BCUT2D eigenvalue weighted by molar-refractivity contribution is 0.0692. The van der Waals surface area contributed by atoms with E-state index in [2.05, 4.69) is 5.32 Å². The van der Waals surface area contributed by atoms with Crippen molar-refractivity contribution in [3.8, 4) is 11.1 Å². The maximum absolute atomic E-state index is 13.8. The van der Waals surface area contributed by atoms with Crippen LogP contribution in [0.25, 0.3) is 11.1 Å². The lowest BCUT2D eigenvalue weighted by Crippen LogP contribution is -2.47. The first-order chi connectivity index (χ1) is 13.3. The van der Waals surface area contributed by atoms with Gasteiger partial charge in [-0.3, -0.25) is 0 Å². The Morgan fingerprint density at radius 1 is 1.28 bits per heavy atom. The Labute approximate surface area is 174 Å². The van der Waals surface area contributed by atoms with Gasteiger partial charge in [0.2, 0.25) is 10.0 Å². The van der Waals surface area contributed by atoms with Gasteiger partial charge >= 0.3 is 5.97 Å². The fourth-order valence-electron chi connectivity index (χ4n) is 3.49. The fourth-order valence-corrected chi connectivity index (χ4v) is 5.48. The summed E-state index contributed by atoms with van der Waals surface area (Å²) < 4.78 is 41.7. The van der Waals surface area contributed by atoms with Gasteiger partial charge in [-0.15, -0.1) is 0 Å². The van der Waals surface area contributed by atoms with Crippen LogP contribution in [-0.2, 0) is 10.0 Å². The highest BCUT2D eigenvalue weighted by atomic mass is 35.5. The van der Waals surface area contributed by atoms with Crippen molar-refractivity contribution in [2.45, 2.75) is 31.7 Å². The number of hydrogen-bond donors (Lipinski definition) is 2. The maximum Gasteiger partial charge on any atom is 0.338 e. The molecule has 9 heteroatoms. The van der Waals surface area contributed by atoms with Gasteiger partial charge in [-0.05, 0) is 35.2 Å². The minimum atomic E-state index is -3.85. The molecule has 0 amide bonds. The summed E-state index contributed by atoms with van der Waals surface area (Å²) in [5.74, 6) is -2.30. The van der Waals surface area contributed by atoms with Gasteiger partial charge in [0.25, 0.3) is 0 Å². The zero-order valence-electron chi connectivity index (χ0n) is 16.5.